The highest BCUT2D eigenvalue weighted by Crippen LogP contribution is 2.27. The molecule has 0 heterocycles. The molecule has 0 aliphatic heterocycles. The summed E-state index contributed by atoms with van der Waals surface area (Å²) >= 11 is 0. The molecule has 2 amide bonds. The molecular formula is C16H16F2N4O4S. The zero-order chi connectivity index (χ0) is 20.2. The highest BCUT2D eigenvalue weighted by Gasteiger charge is 2.29. The summed E-state index contributed by atoms with van der Waals surface area (Å²) < 4.78 is 53.6. The molecular weight excluding hydrogens is 382 g/mol. The minimum atomic E-state index is -4.40. The summed E-state index contributed by atoms with van der Waals surface area (Å²) in [5, 5.41) is 2.47. The third-order valence-electron chi connectivity index (χ3n) is 3.39. The second kappa shape index (κ2) is 8.10. The molecule has 2 rings (SSSR count). The number of nitrogens with two attached hydrogens (primary N) is 1. The highest BCUT2D eigenvalue weighted by molar-refractivity contribution is 7.92. The molecule has 0 saturated carbocycles. The maximum absolute atomic E-state index is 14.2. The van der Waals surface area contributed by atoms with E-state index in [0.717, 1.165) is 12.1 Å². The average molecular weight is 398 g/mol. The lowest BCUT2D eigenvalue weighted by molar-refractivity contribution is -0.119. The van der Waals surface area contributed by atoms with E-state index in [9.17, 15) is 26.8 Å². The first-order valence-electron chi connectivity index (χ1n) is 7.50. The van der Waals surface area contributed by atoms with Crippen LogP contribution in [0.5, 0.6) is 0 Å². The Kier molecular flexibility index (Phi) is 6.08. The molecule has 0 spiro atoms. The molecule has 8 nitrogen and oxygen atoms in total. The van der Waals surface area contributed by atoms with Gasteiger partial charge in [0.15, 0.2) is 0 Å². The Morgan fingerprint density at radius 3 is 2.26 bits per heavy atom. The minimum absolute atomic E-state index is 0.273. The van der Waals surface area contributed by atoms with Gasteiger partial charge in [-0.2, -0.15) is 0 Å². The van der Waals surface area contributed by atoms with Gasteiger partial charge in [0.05, 0.1) is 10.6 Å². The first-order chi connectivity index (χ1) is 12.6. The Morgan fingerprint density at radius 1 is 1.11 bits per heavy atom. The lowest BCUT2D eigenvalue weighted by Crippen LogP contribution is -2.43. The van der Waals surface area contributed by atoms with Crippen molar-refractivity contribution in [2.75, 3.05) is 16.2 Å². The first-order valence-corrected chi connectivity index (χ1v) is 8.94. The number of hydrogen-bond donors (Lipinski definition) is 3. The van der Waals surface area contributed by atoms with Crippen LogP contribution in [0.2, 0.25) is 0 Å². The summed E-state index contributed by atoms with van der Waals surface area (Å²) in [6.45, 7) is 0.462. The van der Waals surface area contributed by atoms with E-state index in [4.69, 9.17) is 5.84 Å². The van der Waals surface area contributed by atoms with Crippen molar-refractivity contribution in [2.45, 2.75) is 11.8 Å². The molecule has 0 atom stereocenters. The van der Waals surface area contributed by atoms with Gasteiger partial charge in [0.25, 0.3) is 15.9 Å². The number of amides is 2. The molecule has 0 radical (unpaired) electrons. The van der Waals surface area contributed by atoms with Gasteiger partial charge in [0, 0.05) is 18.7 Å². The van der Waals surface area contributed by atoms with E-state index >= 15 is 0 Å². The Balaban J connectivity index is 2.49. The number of rotatable bonds is 6. The Hall–Kier alpha value is -3.05. The minimum Gasteiger partial charge on any atom is -0.326 e. The third-order valence-corrected chi connectivity index (χ3v) is 5.16. The van der Waals surface area contributed by atoms with E-state index in [1.165, 1.54) is 31.2 Å². The number of carbonyl (C=O) groups excluding carboxylic acids is 2. The van der Waals surface area contributed by atoms with Crippen molar-refractivity contribution in [2.24, 2.45) is 5.84 Å². The van der Waals surface area contributed by atoms with Gasteiger partial charge in [0.2, 0.25) is 5.91 Å². The van der Waals surface area contributed by atoms with Crippen LogP contribution in [-0.2, 0) is 19.6 Å². The second-order valence-electron chi connectivity index (χ2n) is 5.38. The molecule has 144 valence electrons. The number of sulfonamides is 1. The number of carbonyl (C=O) groups is 2. The van der Waals surface area contributed by atoms with Crippen molar-refractivity contribution in [1.29, 1.82) is 0 Å². The van der Waals surface area contributed by atoms with Crippen molar-refractivity contribution in [1.82, 2.24) is 5.43 Å². The monoisotopic (exact) mass is 398 g/mol. The lowest BCUT2D eigenvalue weighted by Gasteiger charge is -2.24. The number of anilines is 2. The van der Waals surface area contributed by atoms with Crippen molar-refractivity contribution >= 4 is 33.2 Å². The Morgan fingerprint density at radius 2 is 1.74 bits per heavy atom. The van der Waals surface area contributed by atoms with Crippen LogP contribution in [0.4, 0.5) is 20.2 Å². The lowest BCUT2D eigenvalue weighted by atomic mass is 10.3. The van der Waals surface area contributed by atoms with Crippen LogP contribution in [-0.4, -0.2) is 26.8 Å². The molecule has 0 aliphatic rings. The van der Waals surface area contributed by atoms with E-state index in [-0.39, 0.29) is 10.8 Å². The van der Waals surface area contributed by atoms with Crippen molar-refractivity contribution < 1.29 is 26.8 Å². The largest absolute Gasteiger partial charge is 0.326 e. The fraction of sp³-hybridized carbons (Fsp3) is 0.125. The normalized spacial score (nSPS) is 11.0. The Bertz CT molecular complexity index is 965. The van der Waals surface area contributed by atoms with Crippen LogP contribution in [0, 0.1) is 11.6 Å². The van der Waals surface area contributed by atoms with Crippen molar-refractivity contribution in [3.05, 3.63) is 54.1 Å². The topological polar surface area (TPSA) is 122 Å². The predicted molar refractivity (Wildman–Crippen MR) is 94.0 cm³/mol. The summed E-state index contributed by atoms with van der Waals surface area (Å²) in [5.74, 6) is 1.67. The SMILES string of the molecule is CC(=O)Nc1ccc(S(=O)(=O)N(CC(=O)NN)c2ccc(F)cc2F)cc1. The zero-order valence-corrected chi connectivity index (χ0v) is 14.9. The van der Waals surface area contributed by atoms with E-state index in [2.05, 4.69) is 5.32 Å². The maximum Gasteiger partial charge on any atom is 0.264 e. The van der Waals surface area contributed by atoms with Gasteiger partial charge in [0.1, 0.15) is 18.2 Å². The average Bonchev–Trinajstić information content (AvgIpc) is 2.60. The molecule has 2 aromatic rings. The van der Waals surface area contributed by atoms with Crippen molar-refractivity contribution in [3.8, 4) is 0 Å². The van der Waals surface area contributed by atoms with E-state index in [0.29, 0.717) is 16.1 Å². The zero-order valence-electron chi connectivity index (χ0n) is 14.1. The van der Waals surface area contributed by atoms with E-state index < -0.39 is 39.8 Å². The molecule has 11 heteroatoms. The predicted octanol–water partition coefficient (Wildman–Crippen LogP) is 1.11. The quantitative estimate of drug-likeness (QED) is 0.382. The summed E-state index contributed by atoms with van der Waals surface area (Å²) in [6.07, 6.45) is 0. The van der Waals surface area contributed by atoms with Crippen LogP contribution < -0.4 is 20.9 Å². The molecule has 0 unspecified atom stereocenters. The molecule has 0 aromatic heterocycles. The van der Waals surface area contributed by atoms with Crippen molar-refractivity contribution in [3.63, 3.8) is 0 Å². The number of nitrogens with zero attached hydrogens (tertiary/aromatic N) is 1. The molecule has 27 heavy (non-hydrogen) atoms. The smallest absolute Gasteiger partial charge is 0.264 e. The molecule has 2 aromatic carbocycles. The van der Waals surface area contributed by atoms with Gasteiger partial charge in [-0.05, 0) is 36.4 Å². The van der Waals surface area contributed by atoms with E-state index in [1.54, 1.807) is 5.43 Å². The molecule has 0 saturated heterocycles. The summed E-state index contributed by atoms with van der Waals surface area (Å²) in [4.78, 5) is 22.4. The second-order valence-corrected chi connectivity index (χ2v) is 7.24. The maximum atomic E-state index is 14.2. The van der Waals surface area contributed by atoms with Gasteiger partial charge in [-0.15, -0.1) is 0 Å². The summed E-state index contributed by atoms with van der Waals surface area (Å²) in [7, 11) is -4.40. The fourth-order valence-electron chi connectivity index (χ4n) is 2.20. The van der Waals surface area contributed by atoms with Gasteiger partial charge in [-0.3, -0.25) is 19.3 Å². The van der Waals surface area contributed by atoms with Gasteiger partial charge >= 0.3 is 0 Å². The number of hydrogen-bond acceptors (Lipinski definition) is 5. The summed E-state index contributed by atoms with van der Waals surface area (Å²) in [5.41, 5.74) is 1.59. The number of halogens is 2. The van der Waals surface area contributed by atoms with Gasteiger partial charge in [-0.25, -0.2) is 23.0 Å². The van der Waals surface area contributed by atoms with Crippen LogP contribution in [0.15, 0.2) is 47.4 Å². The van der Waals surface area contributed by atoms with Crippen LogP contribution in [0.25, 0.3) is 0 Å². The standard InChI is InChI=1S/C16H16F2N4O4S/c1-10(23)20-12-3-5-13(6-4-12)27(25,26)22(9-16(24)21-19)15-7-2-11(17)8-14(15)18/h2-8H,9,19H2,1H3,(H,20,23)(H,21,24). The van der Waals surface area contributed by atoms with Crippen LogP contribution in [0.3, 0.4) is 0 Å². The highest BCUT2D eigenvalue weighted by atomic mass is 32.2. The summed E-state index contributed by atoms with van der Waals surface area (Å²) in [6, 6.07) is 7.27. The fourth-order valence-corrected chi connectivity index (χ4v) is 3.63. The molecule has 0 bridgehead atoms. The molecule has 0 fully saturated rings. The third kappa shape index (κ3) is 4.77. The van der Waals surface area contributed by atoms with E-state index in [1.807, 2.05) is 0 Å². The van der Waals surface area contributed by atoms with Gasteiger partial charge in [-0.1, -0.05) is 0 Å². The molecule has 4 N–H and O–H groups in total. The number of benzene rings is 2. The van der Waals surface area contributed by atoms with Gasteiger partial charge < -0.3 is 5.32 Å². The first kappa shape index (κ1) is 20.3. The van der Waals surface area contributed by atoms with Crippen LogP contribution in [0.1, 0.15) is 6.92 Å². The Labute approximate surface area is 154 Å². The molecule has 0 aliphatic carbocycles. The number of nitrogens with one attached hydrogen (secondary N) is 2. The van der Waals surface area contributed by atoms with Crippen LogP contribution >= 0.6 is 0 Å². The number of hydrazine groups is 1.